The summed E-state index contributed by atoms with van der Waals surface area (Å²) in [6.07, 6.45) is 1.76. The summed E-state index contributed by atoms with van der Waals surface area (Å²) < 4.78 is 5.63. The maximum Gasteiger partial charge on any atom is 0.260 e. The van der Waals surface area contributed by atoms with E-state index in [-0.39, 0.29) is 5.91 Å². The van der Waals surface area contributed by atoms with E-state index in [1.54, 1.807) is 6.92 Å². The van der Waals surface area contributed by atoms with Crippen molar-refractivity contribution in [3.63, 3.8) is 0 Å². The normalized spacial score (nSPS) is 16.4. The van der Waals surface area contributed by atoms with Gasteiger partial charge in [-0.25, -0.2) is 0 Å². The molecule has 1 unspecified atom stereocenters. The first-order chi connectivity index (χ1) is 8.56. The van der Waals surface area contributed by atoms with Gasteiger partial charge in [-0.2, -0.15) is 0 Å². The minimum atomic E-state index is -0.435. The van der Waals surface area contributed by atoms with E-state index in [9.17, 15) is 4.79 Å². The second-order valence-corrected chi connectivity index (χ2v) is 5.27. The molecule has 0 heterocycles. The van der Waals surface area contributed by atoms with Crippen LogP contribution in [-0.2, 0) is 4.79 Å². The molecule has 0 aromatic heterocycles. The number of benzene rings is 1. The average Bonchev–Trinajstić information content (AvgIpc) is 3.13. The fourth-order valence-corrected chi connectivity index (χ4v) is 1.74. The predicted molar refractivity (Wildman–Crippen MR) is 71.8 cm³/mol. The minimum absolute atomic E-state index is 0.0227. The summed E-state index contributed by atoms with van der Waals surface area (Å²) >= 11 is 0. The lowest BCUT2D eigenvalue weighted by molar-refractivity contribution is -0.127. The van der Waals surface area contributed by atoms with Gasteiger partial charge < -0.3 is 10.1 Å². The molecule has 0 radical (unpaired) electrons. The molecule has 1 aliphatic rings. The maximum atomic E-state index is 11.7. The molecule has 0 aliphatic heterocycles. The third-order valence-corrected chi connectivity index (χ3v) is 3.15. The van der Waals surface area contributed by atoms with Crippen molar-refractivity contribution in [3.8, 4) is 5.75 Å². The summed E-state index contributed by atoms with van der Waals surface area (Å²) in [5.74, 6) is 1.23. The predicted octanol–water partition coefficient (Wildman–Crippen LogP) is 2.86. The average molecular weight is 247 g/mol. The Morgan fingerprint density at radius 3 is 2.33 bits per heavy atom. The Morgan fingerprint density at radius 1 is 1.22 bits per heavy atom. The van der Waals surface area contributed by atoms with Crippen molar-refractivity contribution in [2.45, 2.75) is 51.7 Å². The molecule has 1 aliphatic carbocycles. The van der Waals surface area contributed by atoms with E-state index in [1.807, 2.05) is 24.3 Å². The Morgan fingerprint density at radius 2 is 1.83 bits per heavy atom. The standard InChI is InChI=1S/C15H21NO2/c1-10(2)12-4-8-14(9-5-12)18-11(3)15(17)16-13-6-7-13/h4-5,8-11,13H,6-7H2,1-3H3,(H,16,17). The van der Waals surface area contributed by atoms with E-state index in [2.05, 4.69) is 19.2 Å². The van der Waals surface area contributed by atoms with Crippen LogP contribution < -0.4 is 10.1 Å². The molecule has 1 saturated carbocycles. The van der Waals surface area contributed by atoms with Crippen molar-refractivity contribution in [2.24, 2.45) is 0 Å². The Labute approximate surface area is 109 Å². The summed E-state index contributed by atoms with van der Waals surface area (Å²) in [6.45, 7) is 6.09. The lowest BCUT2D eigenvalue weighted by atomic mass is 10.0. The molecule has 98 valence electrons. The molecule has 1 aromatic carbocycles. The lowest BCUT2D eigenvalue weighted by Gasteiger charge is -2.15. The van der Waals surface area contributed by atoms with E-state index in [0.29, 0.717) is 12.0 Å². The first-order valence-corrected chi connectivity index (χ1v) is 6.63. The van der Waals surface area contributed by atoms with Crippen molar-refractivity contribution in [1.82, 2.24) is 5.32 Å². The van der Waals surface area contributed by atoms with Gasteiger partial charge in [0.2, 0.25) is 0 Å². The summed E-state index contributed by atoms with van der Waals surface area (Å²) in [5.41, 5.74) is 1.28. The van der Waals surface area contributed by atoms with E-state index in [0.717, 1.165) is 18.6 Å². The van der Waals surface area contributed by atoms with E-state index < -0.39 is 6.10 Å². The molecule has 3 heteroatoms. The monoisotopic (exact) mass is 247 g/mol. The highest BCUT2D eigenvalue weighted by molar-refractivity contribution is 5.81. The van der Waals surface area contributed by atoms with Crippen molar-refractivity contribution in [2.75, 3.05) is 0 Å². The summed E-state index contributed by atoms with van der Waals surface area (Å²) in [4.78, 5) is 11.7. The number of rotatable bonds is 5. The van der Waals surface area contributed by atoms with Gasteiger partial charge in [0.05, 0.1) is 0 Å². The first-order valence-electron chi connectivity index (χ1n) is 6.63. The van der Waals surface area contributed by atoms with Gasteiger partial charge in [-0.1, -0.05) is 26.0 Å². The van der Waals surface area contributed by atoms with Crippen LogP contribution in [-0.4, -0.2) is 18.1 Å². The van der Waals surface area contributed by atoms with Crippen LogP contribution in [0.4, 0.5) is 0 Å². The molecule has 2 rings (SSSR count). The number of ether oxygens (including phenoxy) is 1. The third kappa shape index (κ3) is 3.49. The molecule has 1 amide bonds. The topological polar surface area (TPSA) is 38.3 Å². The smallest absolute Gasteiger partial charge is 0.260 e. The van der Waals surface area contributed by atoms with Gasteiger partial charge in [-0.15, -0.1) is 0 Å². The van der Waals surface area contributed by atoms with E-state index >= 15 is 0 Å². The molecule has 1 N–H and O–H groups in total. The number of nitrogens with one attached hydrogen (secondary N) is 1. The fourth-order valence-electron chi connectivity index (χ4n) is 1.74. The van der Waals surface area contributed by atoms with Crippen LogP contribution in [0.1, 0.15) is 45.1 Å². The quantitative estimate of drug-likeness (QED) is 0.869. The maximum absolute atomic E-state index is 11.7. The first kappa shape index (κ1) is 12.9. The van der Waals surface area contributed by atoms with Crippen LogP contribution in [0.5, 0.6) is 5.75 Å². The zero-order valence-corrected chi connectivity index (χ0v) is 11.3. The zero-order valence-electron chi connectivity index (χ0n) is 11.3. The van der Waals surface area contributed by atoms with Gasteiger partial charge >= 0.3 is 0 Å². The van der Waals surface area contributed by atoms with Gasteiger partial charge in [0.15, 0.2) is 6.10 Å². The highest BCUT2D eigenvalue weighted by Crippen LogP contribution is 2.21. The Kier molecular flexibility index (Phi) is 3.90. The van der Waals surface area contributed by atoms with Gasteiger partial charge in [0, 0.05) is 6.04 Å². The minimum Gasteiger partial charge on any atom is -0.481 e. The molecular weight excluding hydrogens is 226 g/mol. The molecule has 18 heavy (non-hydrogen) atoms. The third-order valence-electron chi connectivity index (χ3n) is 3.15. The molecule has 1 atom stereocenters. The summed E-state index contributed by atoms with van der Waals surface area (Å²) in [7, 11) is 0. The number of carbonyl (C=O) groups is 1. The van der Waals surface area contributed by atoms with Crippen LogP contribution in [0.2, 0.25) is 0 Å². The lowest BCUT2D eigenvalue weighted by Crippen LogP contribution is -2.37. The molecule has 0 saturated heterocycles. The van der Waals surface area contributed by atoms with Gasteiger partial charge in [-0.3, -0.25) is 4.79 Å². The van der Waals surface area contributed by atoms with Gasteiger partial charge in [0.25, 0.3) is 5.91 Å². The van der Waals surface area contributed by atoms with E-state index in [1.165, 1.54) is 5.56 Å². The van der Waals surface area contributed by atoms with Crippen molar-refractivity contribution >= 4 is 5.91 Å². The van der Waals surface area contributed by atoms with Crippen LogP contribution in [0.25, 0.3) is 0 Å². The number of hydrogen-bond acceptors (Lipinski definition) is 2. The van der Waals surface area contributed by atoms with Gasteiger partial charge in [0.1, 0.15) is 5.75 Å². The SMILES string of the molecule is CC(Oc1ccc(C(C)C)cc1)C(=O)NC1CC1. The molecule has 0 bridgehead atoms. The second-order valence-electron chi connectivity index (χ2n) is 5.27. The van der Waals surface area contributed by atoms with Crippen LogP contribution in [0.3, 0.4) is 0 Å². The highest BCUT2D eigenvalue weighted by atomic mass is 16.5. The largest absolute Gasteiger partial charge is 0.481 e. The Hall–Kier alpha value is -1.51. The van der Waals surface area contributed by atoms with Crippen LogP contribution in [0, 0.1) is 0 Å². The summed E-state index contributed by atoms with van der Waals surface area (Å²) in [6, 6.07) is 8.33. The second kappa shape index (κ2) is 5.42. The van der Waals surface area contributed by atoms with E-state index in [4.69, 9.17) is 4.74 Å². The van der Waals surface area contributed by atoms with Crippen molar-refractivity contribution < 1.29 is 9.53 Å². The zero-order chi connectivity index (χ0) is 13.1. The van der Waals surface area contributed by atoms with Gasteiger partial charge in [-0.05, 0) is 43.4 Å². The number of hydrogen-bond donors (Lipinski definition) is 1. The number of carbonyl (C=O) groups excluding carboxylic acids is 1. The summed E-state index contributed by atoms with van der Waals surface area (Å²) in [5, 5.41) is 2.94. The fraction of sp³-hybridized carbons (Fsp3) is 0.533. The molecule has 1 aromatic rings. The Balaban J connectivity index is 1.89. The van der Waals surface area contributed by atoms with Crippen molar-refractivity contribution in [1.29, 1.82) is 0 Å². The highest BCUT2D eigenvalue weighted by Gasteiger charge is 2.26. The number of amides is 1. The molecule has 0 spiro atoms. The molecule has 3 nitrogen and oxygen atoms in total. The molecule has 1 fully saturated rings. The Bertz CT molecular complexity index is 407. The van der Waals surface area contributed by atoms with Crippen molar-refractivity contribution in [3.05, 3.63) is 29.8 Å². The van der Waals surface area contributed by atoms with Crippen LogP contribution >= 0.6 is 0 Å². The molecular formula is C15H21NO2. The van der Waals surface area contributed by atoms with Crippen LogP contribution in [0.15, 0.2) is 24.3 Å².